The third-order valence-electron chi connectivity index (χ3n) is 3.78. The van der Waals surface area contributed by atoms with Crippen LogP contribution >= 0.6 is 35.0 Å². The van der Waals surface area contributed by atoms with Crippen molar-refractivity contribution < 1.29 is 4.79 Å². The van der Waals surface area contributed by atoms with Gasteiger partial charge >= 0.3 is 0 Å². The zero-order chi connectivity index (χ0) is 16.3. The van der Waals surface area contributed by atoms with Gasteiger partial charge in [-0.1, -0.05) is 23.2 Å². The quantitative estimate of drug-likeness (QED) is 0.481. The highest BCUT2D eigenvalue weighted by Crippen LogP contribution is 2.31. The molecule has 0 N–H and O–H groups in total. The van der Waals surface area contributed by atoms with Gasteiger partial charge in [0.1, 0.15) is 0 Å². The molecule has 4 rings (SSSR count). The predicted octanol–water partition coefficient (Wildman–Crippen LogP) is 3.96. The molecule has 0 radical (unpaired) electrons. The number of ketones is 1. The van der Waals surface area contributed by atoms with E-state index in [4.69, 9.17) is 23.2 Å². The van der Waals surface area contributed by atoms with Gasteiger partial charge in [-0.25, -0.2) is 4.98 Å². The molecule has 1 aromatic heterocycles. The Labute approximate surface area is 145 Å². The molecule has 114 valence electrons. The van der Waals surface area contributed by atoms with E-state index in [2.05, 4.69) is 4.98 Å². The Morgan fingerprint density at radius 1 is 1.13 bits per heavy atom. The van der Waals surface area contributed by atoms with E-state index >= 15 is 0 Å². The maximum atomic E-state index is 12.9. The molecular weight excluding hydrogens is 355 g/mol. The Kier molecular flexibility index (Phi) is 3.27. The van der Waals surface area contributed by atoms with Crippen molar-refractivity contribution in [3.05, 3.63) is 62.1 Å². The van der Waals surface area contributed by atoms with E-state index in [0.717, 1.165) is 4.90 Å². The maximum absolute atomic E-state index is 12.9. The first-order valence-corrected chi connectivity index (χ1v) is 8.64. The number of halogens is 2. The van der Waals surface area contributed by atoms with Crippen molar-refractivity contribution in [2.75, 3.05) is 6.26 Å². The number of benzene rings is 2. The summed E-state index contributed by atoms with van der Waals surface area (Å²) in [5.41, 5.74) is 0.966. The smallest absolute Gasteiger partial charge is 0.267 e. The van der Waals surface area contributed by atoms with Gasteiger partial charge in [0, 0.05) is 9.92 Å². The molecular formula is C16H8Cl2N2O2S. The summed E-state index contributed by atoms with van der Waals surface area (Å²) in [6.07, 6.45) is 1.93. The highest BCUT2D eigenvalue weighted by Gasteiger charge is 2.31. The van der Waals surface area contributed by atoms with Gasteiger partial charge in [-0.3, -0.25) is 14.2 Å². The van der Waals surface area contributed by atoms with Crippen molar-refractivity contribution in [3.8, 4) is 5.69 Å². The summed E-state index contributed by atoms with van der Waals surface area (Å²) in [6, 6.07) is 8.43. The molecule has 4 nitrogen and oxygen atoms in total. The van der Waals surface area contributed by atoms with Crippen LogP contribution in [0.2, 0.25) is 10.0 Å². The van der Waals surface area contributed by atoms with Crippen LogP contribution in [0.15, 0.2) is 40.0 Å². The first-order valence-electron chi connectivity index (χ1n) is 6.66. The van der Waals surface area contributed by atoms with Crippen molar-refractivity contribution in [2.45, 2.75) is 4.90 Å². The number of fused-ring (bicyclic) bond motifs is 4. The Morgan fingerprint density at radius 3 is 2.65 bits per heavy atom. The molecule has 0 saturated carbocycles. The molecule has 2 aromatic carbocycles. The number of thioether (sulfide) groups is 1. The molecule has 0 bridgehead atoms. The largest absolute Gasteiger partial charge is 0.285 e. The normalized spacial score (nSPS) is 12.6. The number of hydrogen-bond acceptors (Lipinski definition) is 4. The van der Waals surface area contributed by atoms with Crippen molar-refractivity contribution in [1.82, 2.24) is 9.55 Å². The maximum Gasteiger partial charge on any atom is 0.267 e. The van der Waals surface area contributed by atoms with Crippen LogP contribution in [-0.2, 0) is 0 Å². The fourth-order valence-corrected chi connectivity index (χ4v) is 3.75. The minimum atomic E-state index is -0.365. The molecule has 23 heavy (non-hydrogen) atoms. The lowest BCUT2D eigenvalue weighted by Gasteiger charge is -2.07. The molecule has 0 unspecified atom stereocenters. The van der Waals surface area contributed by atoms with Crippen LogP contribution in [0.1, 0.15) is 16.2 Å². The summed E-state index contributed by atoms with van der Waals surface area (Å²) in [4.78, 5) is 30.8. The molecule has 1 aliphatic heterocycles. The molecule has 1 aliphatic rings. The topological polar surface area (TPSA) is 52.0 Å². The summed E-state index contributed by atoms with van der Waals surface area (Å²) in [5.74, 6) is -0.180. The SMILES string of the molecule is CSc1ccc2c(c1)C(=O)c1nc3cc(Cl)cc(Cl)c3c(=O)n1-2. The summed E-state index contributed by atoms with van der Waals surface area (Å²) in [6.45, 7) is 0. The molecule has 0 aliphatic carbocycles. The standard InChI is InChI=1S/C16H8Cl2N2O2S/c1-23-8-2-3-12-9(6-8)14(21)15-19-11-5-7(17)4-10(18)13(11)16(22)20(12)15/h2-6H,1H3. The van der Waals surface area contributed by atoms with Crippen molar-refractivity contribution >= 4 is 51.6 Å². The molecule has 0 fully saturated rings. The van der Waals surface area contributed by atoms with Crippen LogP contribution in [0.5, 0.6) is 0 Å². The summed E-state index contributed by atoms with van der Waals surface area (Å²) in [7, 11) is 0. The Bertz CT molecular complexity index is 1080. The first-order chi connectivity index (χ1) is 11.0. The lowest BCUT2D eigenvalue weighted by Crippen LogP contribution is -2.21. The number of carbonyl (C=O) groups is 1. The number of hydrogen-bond donors (Lipinski definition) is 0. The molecule has 2 heterocycles. The van der Waals surface area contributed by atoms with Crippen LogP contribution in [0.4, 0.5) is 0 Å². The molecule has 7 heteroatoms. The van der Waals surface area contributed by atoms with Crippen LogP contribution in [0.25, 0.3) is 16.6 Å². The Balaban J connectivity index is 2.14. The number of carbonyl (C=O) groups excluding carboxylic acids is 1. The van der Waals surface area contributed by atoms with Crippen LogP contribution < -0.4 is 5.56 Å². The van der Waals surface area contributed by atoms with Gasteiger partial charge in [-0.05, 0) is 36.6 Å². The van der Waals surface area contributed by atoms with Crippen molar-refractivity contribution in [3.63, 3.8) is 0 Å². The second kappa shape index (κ2) is 5.09. The van der Waals surface area contributed by atoms with E-state index in [1.165, 1.54) is 28.5 Å². The fourth-order valence-electron chi connectivity index (χ4n) is 2.75. The van der Waals surface area contributed by atoms with Crippen molar-refractivity contribution in [1.29, 1.82) is 0 Å². The third-order valence-corrected chi connectivity index (χ3v) is 5.02. The van der Waals surface area contributed by atoms with E-state index in [0.29, 0.717) is 21.8 Å². The van der Waals surface area contributed by atoms with E-state index in [9.17, 15) is 9.59 Å². The fraction of sp³-hybridized carbons (Fsp3) is 0.0625. The van der Waals surface area contributed by atoms with E-state index < -0.39 is 0 Å². The zero-order valence-electron chi connectivity index (χ0n) is 11.8. The summed E-state index contributed by atoms with van der Waals surface area (Å²) < 4.78 is 1.32. The third kappa shape index (κ3) is 2.04. The lowest BCUT2D eigenvalue weighted by atomic mass is 10.1. The minimum Gasteiger partial charge on any atom is -0.285 e. The van der Waals surface area contributed by atoms with Gasteiger partial charge in [-0.15, -0.1) is 11.8 Å². The van der Waals surface area contributed by atoms with Gasteiger partial charge < -0.3 is 0 Å². The Hall–Kier alpha value is -1.82. The van der Waals surface area contributed by atoms with Crippen LogP contribution in [-0.4, -0.2) is 21.6 Å². The number of nitrogens with zero attached hydrogens (tertiary/aromatic N) is 2. The number of rotatable bonds is 1. The highest BCUT2D eigenvalue weighted by molar-refractivity contribution is 7.98. The Morgan fingerprint density at radius 2 is 1.91 bits per heavy atom. The average molecular weight is 363 g/mol. The predicted molar refractivity (Wildman–Crippen MR) is 92.6 cm³/mol. The van der Waals surface area contributed by atoms with E-state index in [1.54, 1.807) is 12.1 Å². The summed E-state index contributed by atoms with van der Waals surface area (Å²) >= 11 is 13.7. The molecule has 0 atom stereocenters. The lowest BCUT2D eigenvalue weighted by molar-refractivity contribution is 0.103. The minimum absolute atomic E-state index is 0.0917. The van der Waals surface area contributed by atoms with Crippen molar-refractivity contribution in [2.24, 2.45) is 0 Å². The highest BCUT2D eigenvalue weighted by atomic mass is 35.5. The number of aromatic nitrogens is 2. The first kappa shape index (κ1) is 14.8. The average Bonchev–Trinajstić information content (AvgIpc) is 2.79. The van der Waals surface area contributed by atoms with E-state index in [-0.39, 0.29) is 27.6 Å². The second-order valence-corrected chi connectivity index (χ2v) is 6.79. The summed E-state index contributed by atoms with van der Waals surface area (Å²) in [5, 5.41) is 0.850. The van der Waals surface area contributed by atoms with Crippen LogP contribution in [0, 0.1) is 0 Å². The second-order valence-electron chi connectivity index (χ2n) is 5.07. The molecule has 0 saturated heterocycles. The monoisotopic (exact) mass is 362 g/mol. The van der Waals surface area contributed by atoms with Gasteiger partial charge in [0.25, 0.3) is 5.56 Å². The molecule has 0 spiro atoms. The molecule has 3 aromatic rings. The van der Waals surface area contributed by atoms with Gasteiger partial charge in [0.05, 0.1) is 27.2 Å². The van der Waals surface area contributed by atoms with E-state index in [1.807, 2.05) is 12.3 Å². The van der Waals surface area contributed by atoms with Crippen LogP contribution in [0.3, 0.4) is 0 Å². The molecule has 0 amide bonds. The van der Waals surface area contributed by atoms with Gasteiger partial charge in [-0.2, -0.15) is 0 Å². The van der Waals surface area contributed by atoms with Gasteiger partial charge in [0.2, 0.25) is 5.78 Å². The zero-order valence-corrected chi connectivity index (χ0v) is 14.1. The van der Waals surface area contributed by atoms with Gasteiger partial charge in [0.15, 0.2) is 5.82 Å².